The zero-order valence-electron chi connectivity index (χ0n) is 14.0. The first-order chi connectivity index (χ1) is 10.3. The van der Waals surface area contributed by atoms with Crippen LogP contribution in [0, 0.1) is 0 Å². The maximum absolute atomic E-state index is 11.7. The van der Waals surface area contributed by atoms with Gasteiger partial charge in [0.25, 0.3) is 0 Å². The first-order valence-electron chi connectivity index (χ1n) is 7.31. The fourth-order valence-corrected chi connectivity index (χ4v) is 1.78. The Kier molecular flexibility index (Phi) is 6.69. The fourth-order valence-electron chi connectivity index (χ4n) is 1.78. The molecular formula is C16H26N4O2. The number of aliphatic imine (C=N–C) groups is 1. The van der Waals surface area contributed by atoms with Crippen molar-refractivity contribution in [1.82, 2.24) is 10.6 Å². The highest BCUT2D eigenvalue weighted by molar-refractivity contribution is 5.84. The maximum Gasteiger partial charge on any atom is 0.412 e. The Morgan fingerprint density at radius 2 is 1.86 bits per heavy atom. The van der Waals surface area contributed by atoms with Gasteiger partial charge in [0.05, 0.1) is 0 Å². The van der Waals surface area contributed by atoms with Crippen LogP contribution in [0.3, 0.4) is 0 Å². The molecule has 6 nitrogen and oxygen atoms in total. The monoisotopic (exact) mass is 306 g/mol. The molecule has 1 aromatic carbocycles. The van der Waals surface area contributed by atoms with Crippen molar-refractivity contribution in [3.63, 3.8) is 0 Å². The number of guanidine groups is 1. The van der Waals surface area contributed by atoms with Gasteiger partial charge in [0.2, 0.25) is 0 Å². The molecule has 22 heavy (non-hydrogen) atoms. The van der Waals surface area contributed by atoms with E-state index in [1.807, 2.05) is 52.1 Å². The molecule has 1 rings (SSSR count). The summed E-state index contributed by atoms with van der Waals surface area (Å²) in [6.45, 7) is 6.29. The lowest BCUT2D eigenvalue weighted by atomic mass is 10.1. The molecule has 0 aliphatic carbocycles. The lowest BCUT2D eigenvalue weighted by molar-refractivity contribution is 0.0636. The van der Waals surface area contributed by atoms with E-state index in [2.05, 4.69) is 20.9 Å². The Morgan fingerprint density at radius 1 is 1.23 bits per heavy atom. The summed E-state index contributed by atoms with van der Waals surface area (Å²) in [7, 11) is 3.56. The average molecular weight is 306 g/mol. The quantitative estimate of drug-likeness (QED) is 0.590. The van der Waals surface area contributed by atoms with Crippen molar-refractivity contribution in [1.29, 1.82) is 0 Å². The second-order valence-electron chi connectivity index (χ2n) is 5.82. The van der Waals surface area contributed by atoms with E-state index in [1.54, 1.807) is 7.05 Å². The maximum atomic E-state index is 11.7. The number of hydrogen-bond donors (Lipinski definition) is 3. The molecule has 0 unspecified atom stereocenters. The highest BCUT2D eigenvalue weighted by atomic mass is 16.6. The smallest absolute Gasteiger partial charge is 0.412 e. The highest BCUT2D eigenvalue weighted by Gasteiger charge is 2.15. The molecule has 0 saturated carbocycles. The molecule has 0 bridgehead atoms. The Bertz CT molecular complexity index is 504. The molecule has 0 radical (unpaired) electrons. The second-order valence-corrected chi connectivity index (χ2v) is 5.82. The number of benzene rings is 1. The molecule has 122 valence electrons. The van der Waals surface area contributed by atoms with E-state index < -0.39 is 11.7 Å². The summed E-state index contributed by atoms with van der Waals surface area (Å²) < 4.78 is 5.21. The van der Waals surface area contributed by atoms with Gasteiger partial charge in [0, 0.05) is 26.3 Å². The number of carbonyl (C=O) groups excluding carboxylic acids is 1. The zero-order valence-corrected chi connectivity index (χ0v) is 14.0. The third-order valence-corrected chi connectivity index (χ3v) is 2.77. The SMILES string of the molecule is CN=C(NC)NCCc1ccc(NC(=O)OC(C)(C)C)cc1. The normalized spacial score (nSPS) is 11.8. The number of carbonyl (C=O) groups is 1. The number of nitrogens with zero attached hydrogens (tertiary/aromatic N) is 1. The Morgan fingerprint density at radius 3 is 2.36 bits per heavy atom. The number of hydrogen-bond acceptors (Lipinski definition) is 3. The minimum Gasteiger partial charge on any atom is -0.444 e. The van der Waals surface area contributed by atoms with E-state index >= 15 is 0 Å². The molecule has 0 fully saturated rings. The minimum absolute atomic E-state index is 0.445. The molecule has 1 amide bonds. The molecule has 0 aliphatic heterocycles. The van der Waals surface area contributed by atoms with Crippen LogP contribution in [-0.2, 0) is 11.2 Å². The summed E-state index contributed by atoms with van der Waals surface area (Å²) in [5, 5.41) is 8.87. The number of amides is 1. The van der Waals surface area contributed by atoms with Gasteiger partial charge in [-0.1, -0.05) is 12.1 Å². The standard InChI is InChI=1S/C16H26N4O2/c1-16(2,3)22-15(21)20-13-8-6-12(7-9-13)10-11-19-14(17-4)18-5/h6-9H,10-11H2,1-5H3,(H,20,21)(H2,17,18,19). The molecular weight excluding hydrogens is 280 g/mol. The summed E-state index contributed by atoms with van der Waals surface area (Å²) in [6, 6.07) is 7.70. The number of anilines is 1. The van der Waals surface area contributed by atoms with E-state index in [-0.39, 0.29) is 0 Å². The fraction of sp³-hybridized carbons (Fsp3) is 0.500. The molecule has 0 saturated heterocycles. The van der Waals surface area contributed by atoms with Gasteiger partial charge in [-0.25, -0.2) is 4.79 Å². The molecule has 0 aliphatic rings. The lowest BCUT2D eigenvalue weighted by Crippen LogP contribution is -2.35. The minimum atomic E-state index is -0.498. The predicted molar refractivity (Wildman–Crippen MR) is 90.4 cm³/mol. The van der Waals surface area contributed by atoms with Gasteiger partial charge in [0.1, 0.15) is 5.60 Å². The molecule has 0 aromatic heterocycles. The molecule has 1 aromatic rings. The van der Waals surface area contributed by atoms with Gasteiger partial charge in [-0.15, -0.1) is 0 Å². The number of rotatable bonds is 4. The molecule has 3 N–H and O–H groups in total. The molecule has 0 spiro atoms. The first-order valence-corrected chi connectivity index (χ1v) is 7.31. The average Bonchev–Trinajstić information content (AvgIpc) is 2.43. The van der Waals surface area contributed by atoms with Crippen LogP contribution >= 0.6 is 0 Å². The van der Waals surface area contributed by atoms with Crippen molar-refractivity contribution < 1.29 is 9.53 Å². The topological polar surface area (TPSA) is 74.8 Å². The van der Waals surface area contributed by atoms with Crippen LogP contribution in [0.15, 0.2) is 29.3 Å². The third-order valence-electron chi connectivity index (χ3n) is 2.77. The van der Waals surface area contributed by atoms with Crippen molar-refractivity contribution in [2.75, 3.05) is 26.0 Å². The lowest BCUT2D eigenvalue weighted by Gasteiger charge is -2.19. The zero-order chi connectivity index (χ0) is 16.6. The van der Waals surface area contributed by atoms with Gasteiger partial charge in [-0.3, -0.25) is 10.3 Å². The van der Waals surface area contributed by atoms with E-state index in [1.165, 1.54) is 5.56 Å². The summed E-state index contributed by atoms with van der Waals surface area (Å²) in [4.78, 5) is 15.7. The van der Waals surface area contributed by atoms with Crippen LogP contribution in [0.5, 0.6) is 0 Å². The van der Waals surface area contributed by atoms with E-state index in [0.29, 0.717) is 0 Å². The van der Waals surface area contributed by atoms with Crippen molar-refractivity contribution in [2.24, 2.45) is 4.99 Å². The van der Waals surface area contributed by atoms with Gasteiger partial charge >= 0.3 is 6.09 Å². The predicted octanol–water partition coefficient (Wildman–Crippen LogP) is 2.37. The van der Waals surface area contributed by atoms with Crippen LogP contribution in [0.25, 0.3) is 0 Å². The molecule has 6 heteroatoms. The highest BCUT2D eigenvalue weighted by Crippen LogP contribution is 2.13. The van der Waals surface area contributed by atoms with Crippen molar-refractivity contribution >= 4 is 17.7 Å². The largest absolute Gasteiger partial charge is 0.444 e. The summed E-state index contributed by atoms with van der Waals surface area (Å²) >= 11 is 0. The van der Waals surface area contributed by atoms with Crippen molar-refractivity contribution in [3.05, 3.63) is 29.8 Å². The van der Waals surface area contributed by atoms with Crippen LogP contribution in [0.4, 0.5) is 10.5 Å². The van der Waals surface area contributed by atoms with Crippen LogP contribution in [0.1, 0.15) is 26.3 Å². The molecule has 0 atom stereocenters. The van der Waals surface area contributed by atoms with E-state index in [4.69, 9.17) is 4.74 Å². The van der Waals surface area contributed by atoms with Gasteiger partial charge in [-0.05, 0) is 44.9 Å². The van der Waals surface area contributed by atoms with Crippen LogP contribution < -0.4 is 16.0 Å². The van der Waals surface area contributed by atoms with E-state index in [0.717, 1.165) is 24.6 Å². The van der Waals surface area contributed by atoms with Crippen molar-refractivity contribution in [3.8, 4) is 0 Å². The Hall–Kier alpha value is -2.24. The van der Waals surface area contributed by atoms with Gasteiger partial charge in [0.15, 0.2) is 5.96 Å². The summed E-state index contributed by atoms with van der Waals surface area (Å²) in [6.07, 6.45) is 0.424. The summed E-state index contributed by atoms with van der Waals surface area (Å²) in [5.74, 6) is 0.767. The third kappa shape index (κ3) is 6.97. The second kappa shape index (κ2) is 8.26. The van der Waals surface area contributed by atoms with Crippen LogP contribution in [0.2, 0.25) is 0 Å². The Labute approximate surface area is 132 Å². The number of ether oxygens (including phenoxy) is 1. The number of nitrogens with one attached hydrogen (secondary N) is 3. The van der Waals surface area contributed by atoms with Gasteiger partial charge in [-0.2, -0.15) is 0 Å². The van der Waals surface area contributed by atoms with Crippen molar-refractivity contribution in [2.45, 2.75) is 32.8 Å². The van der Waals surface area contributed by atoms with Gasteiger partial charge < -0.3 is 15.4 Å². The van der Waals surface area contributed by atoms with E-state index in [9.17, 15) is 4.79 Å². The van der Waals surface area contributed by atoms with Crippen LogP contribution in [-0.4, -0.2) is 38.3 Å². The Balaban J connectivity index is 2.44. The molecule has 0 heterocycles. The summed E-state index contributed by atoms with van der Waals surface area (Å²) in [5.41, 5.74) is 1.40. The first kappa shape index (κ1) is 17.8.